The second-order valence-electron chi connectivity index (χ2n) is 6.26. The Bertz CT molecular complexity index is 551. The number of nitrogens with zero attached hydrogens (tertiary/aromatic N) is 2. The SMILES string of the molecule is CC(NC(=O)N1CCN(c2ccccc2)CC1)C(=O)NC1CC1. The fourth-order valence-electron chi connectivity index (χ4n) is 2.70. The molecule has 6 nitrogen and oxygen atoms in total. The summed E-state index contributed by atoms with van der Waals surface area (Å²) in [5.41, 5.74) is 1.18. The van der Waals surface area contributed by atoms with Gasteiger partial charge in [-0.2, -0.15) is 0 Å². The summed E-state index contributed by atoms with van der Waals surface area (Å²) in [5.74, 6) is -0.0937. The number of rotatable bonds is 4. The Balaban J connectivity index is 1.45. The topological polar surface area (TPSA) is 64.7 Å². The first kappa shape index (κ1) is 15.6. The molecule has 0 spiro atoms. The van der Waals surface area contributed by atoms with Crippen LogP contribution >= 0.6 is 0 Å². The highest BCUT2D eigenvalue weighted by molar-refractivity contribution is 5.87. The van der Waals surface area contributed by atoms with E-state index in [-0.39, 0.29) is 11.9 Å². The molecule has 1 aromatic carbocycles. The molecule has 2 aliphatic rings. The van der Waals surface area contributed by atoms with Crippen LogP contribution in [0.4, 0.5) is 10.5 Å². The third kappa shape index (κ3) is 4.15. The van der Waals surface area contributed by atoms with E-state index in [1.54, 1.807) is 11.8 Å². The fraction of sp³-hybridized carbons (Fsp3) is 0.529. The van der Waals surface area contributed by atoms with Crippen molar-refractivity contribution in [3.63, 3.8) is 0 Å². The summed E-state index contributed by atoms with van der Waals surface area (Å²) in [6.07, 6.45) is 2.10. The van der Waals surface area contributed by atoms with Gasteiger partial charge in [0, 0.05) is 37.9 Å². The van der Waals surface area contributed by atoms with E-state index >= 15 is 0 Å². The standard InChI is InChI=1S/C17H24N4O2/c1-13(16(22)19-14-7-8-14)18-17(23)21-11-9-20(10-12-21)15-5-3-2-4-6-15/h2-6,13-14H,7-12H2,1H3,(H,18,23)(H,19,22). The van der Waals surface area contributed by atoms with Crippen molar-refractivity contribution >= 4 is 17.6 Å². The Kier molecular flexibility index (Phi) is 4.69. The van der Waals surface area contributed by atoms with Crippen molar-refractivity contribution in [2.24, 2.45) is 0 Å². The van der Waals surface area contributed by atoms with Crippen LogP contribution in [0.5, 0.6) is 0 Å². The minimum atomic E-state index is -0.491. The maximum absolute atomic E-state index is 12.3. The van der Waals surface area contributed by atoms with E-state index in [1.807, 2.05) is 18.2 Å². The quantitative estimate of drug-likeness (QED) is 0.877. The number of carbonyl (C=O) groups excluding carboxylic acids is 2. The first-order valence-corrected chi connectivity index (χ1v) is 8.29. The minimum absolute atomic E-state index is 0.0937. The van der Waals surface area contributed by atoms with Crippen molar-refractivity contribution in [3.05, 3.63) is 30.3 Å². The highest BCUT2D eigenvalue weighted by atomic mass is 16.2. The Labute approximate surface area is 136 Å². The van der Waals surface area contributed by atoms with E-state index in [4.69, 9.17) is 0 Å². The van der Waals surface area contributed by atoms with Gasteiger partial charge in [0.25, 0.3) is 0 Å². The van der Waals surface area contributed by atoms with Gasteiger partial charge in [0.15, 0.2) is 0 Å². The molecular formula is C17H24N4O2. The van der Waals surface area contributed by atoms with Crippen LogP contribution in [0.3, 0.4) is 0 Å². The average Bonchev–Trinajstić information content (AvgIpc) is 3.39. The van der Waals surface area contributed by atoms with Gasteiger partial charge >= 0.3 is 6.03 Å². The molecule has 1 unspecified atom stereocenters. The highest BCUT2D eigenvalue weighted by Gasteiger charge is 2.28. The van der Waals surface area contributed by atoms with Gasteiger partial charge in [0.1, 0.15) is 6.04 Å². The molecule has 3 rings (SSSR count). The Hall–Kier alpha value is -2.24. The lowest BCUT2D eigenvalue weighted by Crippen LogP contribution is -2.55. The number of piperazine rings is 1. The van der Waals surface area contributed by atoms with E-state index < -0.39 is 6.04 Å². The normalized spacial score (nSPS) is 19.2. The lowest BCUT2D eigenvalue weighted by Gasteiger charge is -2.36. The molecule has 0 bridgehead atoms. The molecule has 1 heterocycles. The van der Waals surface area contributed by atoms with Crippen LogP contribution in [-0.4, -0.2) is 55.1 Å². The number of para-hydroxylation sites is 1. The molecule has 6 heteroatoms. The van der Waals surface area contributed by atoms with Gasteiger partial charge in [-0.1, -0.05) is 18.2 Å². The number of hydrogen-bond donors (Lipinski definition) is 2. The summed E-state index contributed by atoms with van der Waals surface area (Å²) >= 11 is 0. The van der Waals surface area contributed by atoms with Gasteiger partial charge in [-0.25, -0.2) is 4.79 Å². The molecule has 2 N–H and O–H groups in total. The van der Waals surface area contributed by atoms with E-state index in [2.05, 4.69) is 27.7 Å². The molecule has 1 atom stereocenters. The van der Waals surface area contributed by atoms with Gasteiger partial charge < -0.3 is 20.4 Å². The second-order valence-corrected chi connectivity index (χ2v) is 6.26. The summed E-state index contributed by atoms with van der Waals surface area (Å²) in [6.45, 7) is 4.67. The van der Waals surface area contributed by atoms with E-state index in [0.717, 1.165) is 25.9 Å². The van der Waals surface area contributed by atoms with Crippen LogP contribution in [-0.2, 0) is 4.79 Å². The Morgan fingerprint density at radius 3 is 2.35 bits per heavy atom. The maximum atomic E-state index is 12.3. The van der Waals surface area contributed by atoms with Gasteiger partial charge in [0.2, 0.25) is 5.91 Å². The number of amides is 3. The van der Waals surface area contributed by atoms with Crippen LogP contribution in [0.2, 0.25) is 0 Å². The smallest absolute Gasteiger partial charge is 0.318 e. The van der Waals surface area contributed by atoms with Gasteiger partial charge in [-0.15, -0.1) is 0 Å². The van der Waals surface area contributed by atoms with Gasteiger partial charge in [-0.3, -0.25) is 4.79 Å². The van der Waals surface area contributed by atoms with Gasteiger partial charge in [0.05, 0.1) is 0 Å². The van der Waals surface area contributed by atoms with Crippen LogP contribution in [0.15, 0.2) is 30.3 Å². The summed E-state index contributed by atoms with van der Waals surface area (Å²) in [7, 11) is 0. The molecule has 124 valence electrons. The van der Waals surface area contributed by atoms with Crippen LogP contribution in [0.25, 0.3) is 0 Å². The maximum Gasteiger partial charge on any atom is 0.318 e. The van der Waals surface area contributed by atoms with Crippen molar-refractivity contribution < 1.29 is 9.59 Å². The predicted molar refractivity (Wildman–Crippen MR) is 89.4 cm³/mol. The number of benzene rings is 1. The van der Waals surface area contributed by atoms with Crippen LogP contribution in [0, 0.1) is 0 Å². The molecule has 1 saturated carbocycles. The fourth-order valence-corrected chi connectivity index (χ4v) is 2.70. The lowest BCUT2D eigenvalue weighted by atomic mass is 10.2. The average molecular weight is 316 g/mol. The molecule has 1 aromatic rings. The number of anilines is 1. The summed E-state index contributed by atoms with van der Waals surface area (Å²) < 4.78 is 0. The van der Waals surface area contributed by atoms with Crippen molar-refractivity contribution in [1.29, 1.82) is 0 Å². The van der Waals surface area contributed by atoms with Crippen molar-refractivity contribution in [2.45, 2.75) is 31.8 Å². The highest BCUT2D eigenvalue weighted by Crippen LogP contribution is 2.18. The first-order valence-electron chi connectivity index (χ1n) is 8.29. The zero-order valence-electron chi connectivity index (χ0n) is 13.5. The zero-order chi connectivity index (χ0) is 16.2. The molecule has 1 aliphatic carbocycles. The number of carbonyl (C=O) groups is 2. The minimum Gasteiger partial charge on any atom is -0.368 e. The third-order valence-corrected chi connectivity index (χ3v) is 4.35. The molecule has 1 saturated heterocycles. The molecular weight excluding hydrogens is 292 g/mol. The van der Waals surface area contributed by atoms with E-state index in [0.29, 0.717) is 19.1 Å². The molecule has 1 aliphatic heterocycles. The van der Waals surface area contributed by atoms with Crippen LogP contribution in [0.1, 0.15) is 19.8 Å². The molecule has 23 heavy (non-hydrogen) atoms. The van der Waals surface area contributed by atoms with E-state index in [9.17, 15) is 9.59 Å². The summed E-state index contributed by atoms with van der Waals surface area (Å²) in [4.78, 5) is 28.2. The van der Waals surface area contributed by atoms with Crippen molar-refractivity contribution in [3.8, 4) is 0 Å². The van der Waals surface area contributed by atoms with E-state index in [1.165, 1.54) is 5.69 Å². The summed E-state index contributed by atoms with van der Waals surface area (Å²) in [6, 6.07) is 9.88. The molecule has 2 fully saturated rings. The second kappa shape index (κ2) is 6.89. The summed E-state index contributed by atoms with van der Waals surface area (Å²) in [5, 5.41) is 5.70. The Morgan fingerprint density at radius 1 is 1.09 bits per heavy atom. The first-order chi connectivity index (χ1) is 11.1. The lowest BCUT2D eigenvalue weighted by molar-refractivity contribution is -0.122. The third-order valence-electron chi connectivity index (χ3n) is 4.35. The molecule has 0 aromatic heterocycles. The van der Waals surface area contributed by atoms with Gasteiger partial charge in [-0.05, 0) is 31.9 Å². The predicted octanol–water partition coefficient (Wildman–Crippen LogP) is 1.19. The van der Waals surface area contributed by atoms with Crippen LogP contribution < -0.4 is 15.5 Å². The molecule has 0 radical (unpaired) electrons. The van der Waals surface area contributed by atoms with Crippen molar-refractivity contribution in [2.75, 3.05) is 31.1 Å². The number of urea groups is 1. The largest absolute Gasteiger partial charge is 0.368 e. The molecule has 3 amide bonds. The number of nitrogens with one attached hydrogen (secondary N) is 2. The number of hydrogen-bond acceptors (Lipinski definition) is 3. The Morgan fingerprint density at radius 2 is 1.74 bits per heavy atom. The zero-order valence-corrected chi connectivity index (χ0v) is 13.5. The monoisotopic (exact) mass is 316 g/mol. The van der Waals surface area contributed by atoms with Crippen molar-refractivity contribution in [1.82, 2.24) is 15.5 Å².